The smallest absolute Gasteiger partial charge is 0.224 e. The Hall–Kier alpha value is -2.11. The Bertz CT molecular complexity index is 492. The molecule has 0 aliphatic carbocycles. The number of nitrogens with one attached hydrogen (secondary N) is 2. The largest absolute Gasteiger partial charge is 0.363 e. The van der Waals surface area contributed by atoms with Crippen LogP contribution in [0.2, 0.25) is 0 Å². The molecule has 0 radical (unpaired) electrons. The lowest BCUT2D eigenvalue weighted by Crippen LogP contribution is -2.08. The molecule has 2 N–H and O–H groups in total. The van der Waals surface area contributed by atoms with Crippen LogP contribution in [-0.4, -0.2) is 26.8 Å². The second-order valence-corrected chi connectivity index (χ2v) is 3.83. The van der Waals surface area contributed by atoms with Gasteiger partial charge in [-0.1, -0.05) is 0 Å². The highest BCUT2D eigenvalue weighted by Crippen LogP contribution is 2.17. The summed E-state index contributed by atoms with van der Waals surface area (Å²) >= 11 is 0. The zero-order chi connectivity index (χ0) is 12.3. The van der Waals surface area contributed by atoms with Crippen LogP contribution in [0.3, 0.4) is 0 Å². The van der Waals surface area contributed by atoms with Crippen molar-refractivity contribution in [3.05, 3.63) is 30.2 Å². The molecule has 0 aliphatic rings. The molecule has 17 heavy (non-hydrogen) atoms. The van der Waals surface area contributed by atoms with Crippen molar-refractivity contribution in [3.8, 4) is 0 Å². The van der Waals surface area contributed by atoms with Crippen molar-refractivity contribution < 1.29 is 0 Å². The van der Waals surface area contributed by atoms with Gasteiger partial charge in [0.25, 0.3) is 0 Å². The molecule has 1 atom stereocenters. The standard InChI is InChI=1S/C11H16N6/c1-8(9-6-14-17(3)7-9)15-10-4-5-13-11(12-2)16-10/h4-8H,1-3H3,(H2,12,13,15,16). The zero-order valence-corrected chi connectivity index (χ0v) is 10.2. The Balaban J connectivity index is 2.09. The summed E-state index contributed by atoms with van der Waals surface area (Å²) in [5, 5.41) is 10.4. The Morgan fingerprint density at radius 1 is 1.41 bits per heavy atom. The van der Waals surface area contributed by atoms with Crippen molar-refractivity contribution in [2.75, 3.05) is 17.7 Å². The van der Waals surface area contributed by atoms with E-state index in [-0.39, 0.29) is 6.04 Å². The van der Waals surface area contributed by atoms with E-state index in [9.17, 15) is 0 Å². The minimum Gasteiger partial charge on any atom is -0.363 e. The third-order valence-electron chi connectivity index (χ3n) is 2.47. The van der Waals surface area contributed by atoms with Gasteiger partial charge in [0.15, 0.2) is 0 Å². The van der Waals surface area contributed by atoms with Crippen molar-refractivity contribution in [2.45, 2.75) is 13.0 Å². The van der Waals surface area contributed by atoms with Crippen LogP contribution in [0, 0.1) is 0 Å². The van der Waals surface area contributed by atoms with Crippen LogP contribution >= 0.6 is 0 Å². The lowest BCUT2D eigenvalue weighted by atomic mass is 10.2. The van der Waals surface area contributed by atoms with Crippen LogP contribution in [-0.2, 0) is 7.05 Å². The van der Waals surface area contributed by atoms with Gasteiger partial charge in [-0.15, -0.1) is 0 Å². The SMILES string of the molecule is CNc1nccc(NC(C)c2cnn(C)c2)n1. The molecule has 0 saturated carbocycles. The molecule has 0 aliphatic heterocycles. The van der Waals surface area contributed by atoms with Gasteiger partial charge < -0.3 is 10.6 Å². The van der Waals surface area contributed by atoms with Crippen molar-refractivity contribution in [3.63, 3.8) is 0 Å². The van der Waals surface area contributed by atoms with E-state index in [1.54, 1.807) is 17.9 Å². The zero-order valence-electron chi connectivity index (χ0n) is 10.2. The fourth-order valence-electron chi connectivity index (χ4n) is 1.53. The monoisotopic (exact) mass is 232 g/mol. The van der Waals surface area contributed by atoms with E-state index >= 15 is 0 Å². The third kappa shape index (κ3) is 2.72. The van der Waals surface area contributed by atoms with E-state index < -0.39 is 0 Å². The van der Waals surface area contributed by atoms with Gasteiger partial charge in [0.05, 0.1) is 12.2 Å². The molecule has 1 unspecified atom stereocenters. The number of aromatic nitrogens is 4. The molecule has 6 heteroatoms. The summed E-state index contributed by atoms with van der Waals surface area (Å²) in [5.41, 5.74) is 1.12. The Labute approximate surface area is 100 Å². The van der Waals surface area contributed by atoms with Crippen LogP contribution in [0.25, 0.3) is 0 Å². The van der Waals surface area contributed by atoms with Crippen LogP contribution in [0.4, 0.5) is 11.8 Å². The maximum atomic E-state index is 4.30. The fraction of sp³-hybridized carbons (Fsp3) is 0.364. The summed E-state index contributed by atoms with van der Waals surface area (Å²) in [4.78, 5) is 8.37. The van der Waals surface area contributed by atoms with E-state index in [1.165, 1.54) is 0 Å². The molecule has 0 fully saturated rings. The molecule has 2 heterocycles. The van der Waals surface area contributed by atoms with E-state index in [1.807, 2.05) is 25.5 Å². The maximum Gasteiger partial charge on any atom is 0.224 e. The topological polar surface area (TPSA) is 67.7 Å². The number of aryl methyl sites for hydroxylation is 1. The predicted octanol–water partition coefficient (Wildman–Crippen LogP) is 1.42. The van der Waals surface area contributed by atoms with Crippen LogP contribution in [0.1, 0.15) is 18.5 Å². The van der Waals surface area contributed by atoms with Crippen molar-refractivity contribution >= 4 is 11.8 Å². The highest BCUT2D eigenvalue weighted by Gasteiger charge is 2.08. The predicted molar refractivity (Wildman–Crippen MR) is 66.8 cm³/mol. The van der Waals surface area contributed by atoms with Crippen LogP contribution in [0.15, 0.2) is 24.7 Å². The summed E-state index contributed by atoms with van der Waals surface area (Å²) in [7, 11) is 3.70. The van der Waals surface area contributed by atoms with Crippen molar-refractivity contribution in [1.29, 1.82) is 0 Å². The highest BCUT2D eigenvalue weighted by atomic mass is 15.2. The first kappa shape index (κ1) is 11.4. The van der Waals surface area contributed by atoms with Gasteiger partial charge in [-0.25, -0.2) is 4.98 Å². The van der Waals surface area contributed by atoms with Gasteiger partial charge in [-0.05, 0) is 13.0 Å². The van der Waals surface area contributed by atoms with Crippen LogP contribution < -0.4 is 10.6 Å². The van der Waals surface area contributed by atoms with Crippen molar-refractivity contribution in [1.82, 2.24) is 19.7 Å². The molecule has 6 nitrogen and oxygen atoms in total. The van der Waals surface area contributed by atoms with E-state index in [4.69, 9.17) is 0 Å². The molecule has 0 bridgehead atoms. The summed E-state index contributed by atoms with van der Waals surface area (Å²) in [6.07, 6.45) is 5.55. The Kier molecular flexibility index (Phi) is 3.22. The first-order valence-electron chi connectivity index (χ1n) is 5.45. The molecular weight excluding hydrogens is 216 g/mol. The minimum atomic E-state index is 0.156. The van der Waals surface area contributed by atoms with E-state index in [0.29, 0.717) is 5.95 Å². The van der Waals surface area contributed by atoms with Gasteiger partial charge in [-0.2, -0.15) is 10.1 Å². The van der Waals surface area contributed by atoms with Crippen molar-refractivity contribution in [2.24, 2.45) is 7.05 Å². The number of hydrogen-bond acceptors (Lipinski definition) is 5. The fourth-order valence-corrected chi connectivity index (χ4v) is 1.53. The second-order valence-electron chi connectivity index (χ2n) is 3.83. The number of nitrogens with zero attached hydrogens (tertiary/aromatic N) is 4. The molecule has 0 spiro atoms. The van der Waals surface area contributed by atoms with Crippen LogP contribution in [0.5, 0.6) is 0 Å². The average molecular weight is 232 g/mol. The Morgan fingerprint density at radius 3 is 2.88 bits per heavy atom. The average Bonchev–Trinajstić information content (AvgIpc) is 2.76. The van der Waals surface area contributed by atoms with Gasteiger partial charge in [0.2, 0.25) is 5.95 Å². The molecule has 0 amide bonds. The molecule has 90 valence electrons. The maximum absolute atomic E-state index is 4.30. The highest BCUT2D eigenvalue weighted by molar-refractivity contribution is 5.41. The van der Waals surface area contributed by atoms with E-state index in [2.05, 4.69) is 32.6 Å². The number of hydrogen-bond donors (Lipinski definition) is 2. The van der Waals surface area contributed by atoms with E-state index in [0.717, 1.165) is 11.4 Å². The number of anilines is 2. The number of rotatable bonds is 4. The molecule has 2 aromatic heterocycles. The van der Waals surface area contributed by atoms with Gasteiger partial charge in [0, 0.05) is 32.1 Å². The summed E-state index contributed by atoms with van der Waals surface area (Å²) in [6, 6.07) is 2.00. The molecule has 0 aromatic carbocycles. The second kappa shape index (κ2) is 4.82. The Morgan fingerprint density at radius 2 is 2.24 bits per heavy atom. The van der Waals surface area contributed by atoms with Gasteiger partial charge in [-0.3, -0.25) is 4.68 Å². The molecular formula is C11H16N6. The van der Waals surface area contributed by atoms with Gasteiger partial charge in [0.1, 0.15) is 5.82 Å². The lowest BCUT2D eigenvalue weighted by molar-refractivity contribution is 0.765. The lowest BCUT2D eigenvalue weighted by Gasteiger charge is -2.12. The summed E-state index contributed by atoms with van der Waals surface area (Å²) in [5.74, 6) is 1.40. The third-order valence-corrected chi connectivity index (χ3v) is 2.47. The molecule has 2 rings (SSSR count). The first-order valence-corrected chi connectivity index (χ1v) is 5.45. The molecule has 0 saturated heterocycles. The first-order chi connectivity index (χ1) is 8.19. The normalized spacial score (nSPS) is 12.2. The summed E-state index contributed by atoms with van der Waals surface area (Å²) < 4.78 is 1.78. The minimum absolute atomic E-state index is 0.156. The van der Waals surface area contributed by atoms with Gasteiger partial charge >= 0.3 is 0 Å². The molecule has 2 aromatic rings. The quantitative estimate of drug-likeness (QED) is 0.834. The summed E-state index contributed by atoms with van der Waals surface area (Å²) in [6.45, 7) is 2.07.